The van der Waals surface area contributed by atoms with Crippen LogP contribution in [0.5, 0.6) is 5.88 Å². The molecular formula is C21H20N2O2. The average molecular weight is 332 g/mol. The van der Waals surface area contributed by atoms with Gasteiger partial charge in [-0.15, -0.1) is 0 Å². The maximum atomic E-state index is 6.45. The molecule has 4 aliphatic heterocycles. The number of rotatable bonds is 1. The third-order valence-electron chi connectivity index (χ3n) is 6.31. The van der Waals surface area contributed by atoms with Crippen LogP contribution in [0.2, 0.25) is 0 Å². The zero-order valence-corrected chi connectivity index (χ0v) is 14.1. The number of piperidine rings is 3. The second kappa shape index (κ2) is 4.85. The first kappa shape index (κ1) is 13.9. The normalized spacial score (nSPS) is 29.9. The van der Waals surface area contributed by atoms with Crippen molar-refractivity contribution >= 4 is 10.8 Å². The molecule has 3 saturated heterocycles. The molecule has 4 heteroatoms. The summed E-state index contributed by atoms with van der Waals surface area (Å²) in [6.45, 7) is 3.50. The van der Waals surface area contributed by atoms with E-state index in [2.05, 4.69) is 28.1 Å². The highest BCUT2D eigenvalue weighted by Crippen LogP contribution is 2.46. The van der Waals surface area contributed by atoms with E-state index in [0.29, 0.717) is 5.92 Å². The van der Waals surface area contributed by atoms with Gasteiger partial charge >= 0.3 is 0 Å². The standard InChI is InChI=1S/C21H20N2O2/c1-2-4-18-14(3-1)12-24-19(18)16-9-15-10-21(25-20(15)22-11-16)13-23-7-5-17(21)6-8-23/h1-4,9,11-12,17H,5-8,10,13H2. The lowest BCUT2D eigenvalue weighted by atomic mass is 9.73. The van der Waals surface area contributed by atoms with Gasteiger partial charge in [-0.2, -0.15) is 0 Å². The summed E-state index contributed by atoms with van der Waals surface area (Å²) in [6.07, 6.45) is 7.20. The van der Waals surface area contributed by atoms with Crippen molar-refractivity contribution in [2.24, 2.45) is 5.92 Å². The highest BCUT2D eigenvalue weighted by atomic mass is 16.5. The van der Waals surface area contributed by atoms with Crippen molar-refractivity contribution < 1.29 is 9.15 Å². The fraction of sp³-hybridized carbons (Fsp3) is 0.381. The molecule has 4 nitrogen and oxygen atoms in total. The lowest BCUT2D eigenvalue weighted by molar-refractivity contribution is -0.0814. The molecule has 3 fully saturated rings. The van der Waals surface area contributed by atoms with E-state index in [1.54, 1.807) is 0 Å². The number of fused-ring (bicyclic) bond motifs is 4. The zero-order valence-electron chi connectivity index (χ0n) is 14.1. The van der Waals surface area contributed by atoms with Gasteiger partial charge in [-0.05, 0) is 32.0 Å². The van der Waals surface area contributed by atoms with E-state index >= 15 is 0 Å². The molecule has 0 N–H and O–H groups in total. The summed E-state index contributed by atoms with van der Waals surface area (Å²) in [5.74, 6) is 2.40. The van der Waals surface area contributed by atoms with Crippen LogP contribution in [-0.2, 0) is 6.42 Å². The Hall–Kier alpha value is -2.33. The van der Waals surface area contributed by atoms with Crippen molar-refractivity contribution in [3.8, 4) is 17.2 Å². The Kier molecular flexibility index (Phi) is 2.70. The predicted octanol–water partition coefficient (Wildman–Crippen LogP) is 3.89. The van der Waals surface area contributed by atoms with Crippen LogP contribution in [0.3, 0.4) is 0 Å². The lowest BCUT2D eigenvalue weighted by Crippen LogP contribution is -2.61. The minimum absolute atomic E-state index is 0.0459. The van der Waals surface area contributed by atoms with E-state index < -0.39 is 0 Å². The molecule has 2 bridgehead atoms. The quantitative estimate of drug-likeness (QED) is 0.677. The molecule has 7 rings (SSSR count). The number of ether oxygens (including phenoxy) is 1. The maximum absolute atomic E-state index is 6.45. The van der Waals surface area contributed by atoms with Gasteiger partial charge in [0.1, 0.15) is 11.4 Å². The molecule has 4 aliphatic rings. The number of pyridine rings is 1. The van der Waals surface area contributed by atoms with Gasteiger partial charge in [-0.1, -0.05) is 24.3 Å². The summed E-state index contributed by atoms with van der Waals surface area (Å²) < 4.78 is 12.3. The van der Waals surface area contributed by atoms with E-state index in [-0.39, 0.29) is 5.60 Å². The molecule has 6 heterocycles. The van der Waals surface area contributed by atoms with Gasteiger partial charge in [-0.3, -0.25) is 4.90 Å². The molecule has 1 unspecified atom stereocenters. The highest BCUT2D eigenvalue weighted by Gasteiger charge is 2.52. The van der Waals surface area contributed by atoms with E-state index in [0.717, 1.165) is 40.9 Å². The molecule has 3 aromatic rings. The fourth-order valence-electron chi connectivity index (χ4n) is 5.05. The van der Waals surface area contributed by atoms with Crippen molar-refractivity contribution in [2.75, 3.05) is 19.6 Å². The summed E-state index contributed by atoms with van der Waals surface area (Å²) in [5, 5.41) is 2.27. The van der Waals surface area contributed by atoms with Crippen molar-refractivity contribution in [3.05, 3.63) is 48.4 Å². The Morgan fingerprint density at radius 1 is 1.16 bits per heavy atom. The van der Waals surface area contributed by atoms with Crippen LogP contribution < -0.4 is 4.74 Å². The Balaban J connectivity index is 1.40. The van der Waals surface area contributed by atoms with Crippen LogP contribution in [0.15, 0.2) is 47.2 Å². The molecule has 0 aliphatic carbocycles. The Morgan fingerprint density at radius 3 is 2.88 bits per heavy atom. The second-order valence-corrected chi connectivity index (χ2v) is 7.73. The summed E-state index contributed by atoms with van der Waals surface area (Å²) in [6, 6.07) is 10.5. The van der Waals surface area contributed by atoms with E-state index in [9.17, 15) is 0 Å². The van der Waals surface area contributed by atoms with Gasteiger partial charge in [0.25, 0.3) is 0 Å². The smallest absolute Gasteiger partial charge is 0.217 e. The average Bonchev–Trinajstić information content (AvgIpc) is 3.23. The number of hydrogen-bond donors (Lipinski definition) is 0. The summed E-state index contributed by atoms with van der Waals surface area (Å²) in [4.78, 5) is 7.20. The van der Waals surface area contributed by atoms with Gasteiger partial charge in [0.15, 0.2) is 0 Å². The SMILES string of the molecule is c1ccc2c(-c3cnc4c(c3)CC3(CN5CCC3CC5)O4)occ2c1. The van der Waals surface area contributed by atoms with Gasteiger partial charge < -0.3 is 9.15 Å². The topological polar surface area (TPSA) is 38.5 Å². The lowest BCUT2D eigenvalue weighted by Gasteiger charge is -2.50. The van der Waals surface area contributed by atoms with Gasteiger partial charge in [0.2, 0.25) is 5.88 Å². The summed E-state index contributed by atoms with van der Waals surface area (Å²) in [7, 11) is 0. The molecule has 1 atom stereocenters. The molecule has 25 heavy (non-hydrogen) atoms. The summed E-state index contributed by atoms with van der Waals surface area (Å²) >= 11 is 0. The highest BCUT2D eigenvalue weighted by molar-refractivity contribution is 5.94. The van der Waals surface area contributed by atoms with Crippen molar-refractivity contribution in [3.63, 3.8) is 0 Å². The number of benzene rings is 1. The van der Waals surface area contributed by atoms with Gasteiger partial charge in [0.05, 0.1) is 6.26 Å². The van der Waals surface area contributed by atoms with Crippen LogP contribution in [-0.4, -0.2) is 35.1 Å². The Labute approximate surface area is 146 Å². The number of hydrogen-bond acceptors (Lipinski definition) is 4. The van der Waals surface area contributed by atoms with Gasteiger partial charge in [-0.25, -0.2) is 4.98 Å². The molecule has 1 aromatic carbocycles. The zero-order chi connectivity index (χ0) is 16.4. The van der Waals surface area contributed by atoms with Crippen LogP contribution in [0.25, 0.3) is 22.1 Å². The number of aromatic nitrogens is 1. The van der Waals surface area contributed by atoms with Crippen molar-refractivity contribution in [2.45, 2.75) is 24.9 Å². The minimum Gasteiger partial charge on any atom is -0.469 e. The summed E-state index contributed by atoms with van der Waals surface area (Å²) in [5.41, 5.74) is 2.23. The van der Waals surface area contributed by atoms with E-state index in [4.69, 9.17) is 9.15 Å². The first-order valence-electron chi connectivity index (χ1n) is 9.18. The first-order valence-corrected chi connectivity index (χ1v) is 9.18. The van der Waals surface area contributed by atoms with E-state index in [1.165, 1.54) is 31.5 Å². The number of nitrogens with zero attached hydrogens (tertiary/aromatic N) is 2. The maximum Gasteiger partial charge on any atom is 0.217 e. The molecule has 2 aromatic heterocycles. The monoisotopic (exact) mass is 332 g/mol. The van der Waals surface area contributed by atoms with E-state index in [1.807, 2.05) is 24.6 Å². The largest absolute Gasteiger partial charge is 0.469 e. The third-order valence-corrected chi connectivity index (χ3v) is 6.31. The fourth-order valence-corrected chi connectivity index (χ4v) is 5.05. The Morgan fingerprint density at radius 2 is 2.04 bits per heavy atom. The Bertz CT molecular complexity index is 971. The first-order chi connectivity index (χ1) is 12.3. The molecule has 0 amide bonds. The van der Waals surface area contributed by atoms with Crippen LogP contribution >= 0.6 is 0 Å². The predicted molar refractivity (Wildman–Crippen MR) is 95.7 cm³/mol. The van der Waals surface area contributed by atoms with Crippen LogP contribution in [0.4, 0.5) is 0 Å². The van der Waals surface area contributed by atoms with Gasteiger partial charge in [0, 0.05) is 47.0 Å². The molecular weight excluding hydrogens is 312 g/mol. The number of furan rings is 1. The molecule has 1 spiro atoms. The van der Waals surface area contributed by atoms with Crippen LogP contribution in [0.1, 0.15) is 18.4 Å². The minimum atomic E-state index is -0.0459. The molecule has 0 radical (unpaired) electrons. The van der Waals surface area contributed by atoms with Crippen LogP contribution in [0, 0.1) is 5.92 Å². The molecule has 0 saturated carbocycles. The van der Waals surface area contributed by atoms with Crippen molar-refractivity contribution in [1.29, 1.82) is 0 Å². The second-order valence-electron chi connectivity index (χ2n) is 7.73. The van der Waals surface area contributed by atoms with Crippen molar-refractivity contribution in [1.82, 2.24) is 9.88 Å². The molecule has 126 valence electrons. The third kappa shape index (κ3) is 1.94.